The first-order valence-corrected chi connectivity index (χ1v) is 6.05. The molecule has 0 saturated heterocycles. The largest absolute Gasteiger partial charge is 0.435 e. The average Bonchev–Trinajstić information content (AvgIpc) is 2.91. The first-order chi connectivity index (χ1) is 9.63. The van der Waals surface area contributed by atoms with E-state index in [1.807, 2.05) is 6.07 Å². The van der Waals surface area contributed by atoms with Crippen molar-refractivity contribution in [3.8, 4) is 5.75 Å². The van der Waals surface area contributed by atoms with E-state index in [0.29, 0.717) is 6.54 Å². The molecule has 0 bridgehead atoms. The van der Waals surface area contributed by atoms with Gasteiger partial charge in [0.25, 0.3) is 0 Å². The summed E-state index contributed by atoms with van der Waals surface area (Å²) >= 11 is 0. The van der Waals surface area contributed by atoms with Crippen LogP contribution >= 0.6 is 0 Å². The quantitative estimate of drug-likeness (QED) is 0.854. The number of nitrogens with one attached hydrogen (secondary N) is 2. The van der Waals surface area contributed by atoms with Crippen molar-refractivity contribution in [2.75, 3.05) is 0 Å². The molecule has 0 aliphatic rings. The van der Waals surface area contributed by atoms with Gasteiger partial charge in [0, 0.05) is 18.9 Å². The smallest absolute Gasteiger partial charge is 0.387 e. The molecule has 2 rings (SSSR count). The van der Waals surface area contributed by atoms with Gasteiger partial charge in [-0.1, -0.05) is 12.1 Å². The monoisotopic (exact) mass is 280 g/mol. The highest BCUT2D eigenvalue weighted by Gasteiger charge is 2.06. The van der Waals surface area contributed by atoms with Crippen LogP contribution < -0.4 is 10.1 Å². The van der Waals surface area contributed by atoms with Crippen LogP contribution in [0.25, 0.3) is 0 Å². The maximum Gasteiger partial charge on any atom is 0.387 e. The minimum Gasteiger partial charge on any atom is -0.435 e. The molecule has 1 aromatic heterocycles. The van der Waals surface area contributed by atoms with E-state index < -0.39 is 6.61 Å². The molecule has 0 atom stereocenters. The van der Waals surface area contributed by atoms with Crippen molar-refractivity contribution in [1.82, 2.24) is 10.3 Å². The standard InChI is InChI=1S/C14H14F2N2O2/c15-14(16)20-12-3-1-10(2-4-12)7-13(19)18-9-11-5-6-17-8-11/h1-6,8,14,17H,7,9H2,(H,18,19). The molecule has 1 heterocycles. The molecule has 4 nitrogen and oxygen atoms in total. The zero-order valence-electron chi connectivity index (χ0n) is 10.6. The molecule has 0 unspecified atom stereocenters. The number of aromatic amines is 1. The minimum absolute atomic E-state index is 0.0801. The molecule has 0 aliphatic carbocycles. The van der Waals surface area contributed by atoms with Gasteiger partial charge >= 0.3 is 6.61 Å². The van der Waals surface area contributed by atoms with E-state index in [1.54, 1.807) is 24.5 Å². The Morgan fingerprint density at radius 1 is 1.20 bits per heavy atom. The van der Waals surface area contributed by atoms with Gasteiger partial charge in [0.05, 0.1) is 6.42 Å². The van der Waals surface area contributed by atoms with Crippen molar-refractivity contribution in [2.45, 2.75) is 19.6 Å². The lowest BCUT2D eigenvalue weighted by molar-refractivity contribution is -0.120. The van der Waals surface area contributed by atoms with Crippen molar-refractivity contribution in [2.24, 2.45) is 0 Å². The van der Waals surface area contributed by atoms with Crippen molar-refractivity contribution in [1.29, 1.82) is 0 Å². The first kappa shape index (κ1) is 14.0. The van der Waals surface area contributed by atoms with Crippen molar-refractivity contribution in [3.05, 3.63) is 53.9 Å². The number of benzene rings is 1. The van der Waals surface area contributed by atoms with E-state index in [0.717, 1.165) is 11.1 Å². The lowest BCUT2D eigenvalue weighted by atomic mass is 10.1. The Bertz CT molecular complexity index is 539. The van der Waals surface area contributed by atoms with E-state index in [9.17, 15) is 13.6 Å². The number of hydrogen-bond donors (Lipinski definition) is 2. The van der Waals surface area contributed by atoms with E-state index >= 15 is 0 Å². The number of H-pyrrole nitrogens is 1. The van der Waals surface area contributed by atoms with Crippen molar-refractivity contribution >= 4 is 5.91 Å². The number of amides is 1. The fraction of sp³-hybridized carbons (Fsp3) is 0.214. The molecule has 0 fully saturated rings. The van der Waals surface area contributed by atoms with Crippen LogP contribution in [0, 0.1) is 0 Å². The number of alkyl halides is 2. The number of rotatable bonds is 6. The van der Waals surface area contributed by atoms with Gasteiger partial charge in [-0.3, -0.25) is 4.79 Å². The second-order valence-electron chi connectivity index (χ2n) is 4.20. The maximum absolute atomic E-state index is 12.0. The predicted octanol–water partition coefficient (Wildman–Crippen LogP) is 2.48. The number of ether oxygens (including phenoxy) is 1. The molecule has 0 aliphatic heterocycles. The van der Waals surface area contributed by atoms with E-state index in [-0.39, 0.29) is 18.1 Å². The van der Waals surface area contributed by atoms with Gasteiger partial charge < -0.3 is 15.0 Å². The zero-order chi connectivity index (χ0) is 14.4. The van der Waals surface area contributed by atoms with Gasteiger partial charge in [0.2, 0.25) is 5.91 Å². The molecular weight excluding hydrogens is 266 g/mol. The van der Waals surface area contributed by atoms with Crippen LogP contribution in [0.2, 0.25) is 0 Å². The van der Waals surface area contributed by atoms with Gasteiger partial charge in [0.1, 0.15) is 5.75 Å². The van der Waals surface area contributed by atoms with Gasteiger partial charge in [-0.15, -0.1) is 0 Å². The second kappa shape index (κ2) is 6.70. The Morgan fingerprint density at radius 2 is 1.95 bits per heavy atom. The normalized spacial score (nSPS) is 10.6. The highest BCUT2D eigenvalue weighted by molar-refractivity contribution is 5.78. The SMILES string of the molecule is O=C(Cc1ccc(OC(F)F)cc1)NCc1cc[nH]c1. The molecule has 106 valence electrons. The average molecular weight is 280 g/mol. The van der Waals surface area contributed by atoms with Gasteiger partial charge in [-0.2, -0.15) is 8.78 Å². The molecule has 0 spiro atoms. The molecule has 2 N–H and O–H groups in total. The lowest BCUT2D eigenvalue weighted by Crippen LogP contribution is -2.24. The summed E-state index contributed by atoms with van der Waals surface area (Å²) in [7, 11) is 0. The molecule has 1 aromatic carbocycles. The molecule has 20 heavy (non-hydrogen) atoms. The molecular formula is C14H14F2N2O2. The van der Waals surface area contributed by atoms with Crippen LogP contribution in [0.1, 0.15) is 11.1 Å². The predicted molar refractivity (Wildman–Crippen MR) is 69.4 cm³/mol. The summed E-state index contributed by atoms with van der Waals surface area (Å²) in [5.41, 5.74) is 1.72. The highest BCUT2D eigenvalue weighted by Crippen LogP contribution is 2.15. The molecule has 1 amide bonds. The summed E-state index contributed by atoms with van der Waals surface area (Å²) in [4.78, 5) is 14.6. The topological polar surface area (TPSA) is 54.1 Å². The fourth-order valence-electron chi connectivity index (χ4n) is 1.71. The minimum atomic E-state index is -2.84. The summed E-state index contributed by atoms with van der Waals surface area (Å²) in [6.45, 7) is -2.39. The van der Waals surface area contributed by atoms with E-state index in [1.165, 1.54) is 12.1 Å². The number of carbonyl (C=O) groups excluding carboxylic acids is 1. The Balaban J connectivity index is 1.81. The van der Waals surface area contributed by atoms with Crippen molar-refractivity contribution in [3.63, 3.8) is 0 Å². The Kier molecular flexibility index (Phi) is 4.70. The zero-order valence-corrected chi connectivity index (χ0v) is 10.6. The first-order valence-electron chi connectivity index (χ1n) is 6.05. The number of halogens is 2. The summed E-state index contributed by atoms with van der Waals surface area (Å²) in [6, 6.07) is 7.89. The Hall–Kier alpha value is -2.37. The summed E-state index contributed by atoms with van der Waals surface area (Å²) < 4.78 is 28.2. The number of carbonyl (C=O) groups is 1. The second-order valence-corrected chi connectivity index (χ2v) is 4.20. The third kappa shape index (κ3) is 4.38. The molecule has 0 saturated carbocycles. The van der Waals surface area contributed by atoms with Crippen molar-refractivity contribution < 1.29 is 18.3 Å². The van der Waals surface area contributed by atoms with E-state index in [4.69, 9.17) is 0 Å². The van der Waals surface area contributed by atoms with Crippen LogP contribution in [0.5, 0.6) is 5.75 Å². The summed E-state index contributed by atoms with van der Waals surface area (Å²) in [5, 5.41) is 2.77. The number of hydrogen-bond acceptors (Lipinski definition) is 2. The maximum atomic E-state index is 12.0. The third-order valence-electron chi connectivity index (χ3n) is 2.67. The summed E-state index contributed by atoms with van der Waals surface area (Å²) in [5.74, 6) is -0.0507. The molecule has 6 heteroatoms. The van der Waals surface area contributed by atoms with Crippen LogP contribution in [-0.4, -0.2) is 17.5 Å². The molecule has 0 radical (unpaired) electrons. The highest BCUT2D eigenvalue weighted by atomic mass is 19.3. The molecule has 2 aromatic rings. The third-order valence-corrected chi connectivity index (χ3v) is 2.67. The Labute approximate surface area is 114 Å². The van der Waals surface area contributed by atoms with E-state index in [2.05, 4.69) is 15.0 Å². The Morgan fingerprint density at radius 3 is 2.55 bits per heavy atom. The fourth-order valence-corrected chi connectivity index (χ4v) is 1.71. The van der Waals surface area contributed by atoms with Gasteiger partial charge in [-0.25, -0.2) is 0 Å². The summed E-state index contributed by atoms with van der Waals surface area (Å²) in [6.07, 6.45) is 3.78. The van der Waals surface area contributed by atoms with Gasteiger partial charge in [0.15, 0.2) is 0 Å². The lowest BCUT2D eigenvalue weighted by Gasteiger charge is -2.06. The van der Waals surface area contributed by atoms with Crippen LogP contribution in [-0.2, 0) is 17.8 Å². The van der Waals surface area contributed by atoms with Gasteiger partial charge in [-0.05, 0) is 29.3 Å². The van der Waals surface area contributed by atoms with Crippen LogP contribution in [0.4, 0.5) is 8.78 Å². The van der Waals surface area contributed by atoms with Crippen LogP contribution in [0.15, 0.2) is 42.7 Å². The van der Waals surface area contributed by atoms with Crippen LogP contribution in [0.3, 0.4) is 0 Å². The number of aromatic nitrogens is 1.